The Kier molecular flexibility index (Phi) is 4.00. The minimum absolute atomic E-state index is 0.432. The molecule has 1 aromatic carbocycles. The molecular formula is C13H16N4OS. The number of aromatic amines is 1. The number of nitrogens with zero attached hydrogens (tertiary/aromatic N) is 2. The van der Waals surface area contributed by atoms with Gasteiger partial charge in [0.15, 0.2) is 5.16 Å². The Bertz CT molecular complexity index is 494. The van der Waals surface area contributed by atoms with Crippen molar-refractivity contribution in [1.82, 2.24) is 15.2 Å². The topological polar surface area (TPSA) is 62.8 Å². The van der Waals surface area contributed by atoms with Crippen molar-refractivity contribution >= 4 is 17.4 Å². The standard InChI is InChI=1S/C13H16N4OS/c1-2-11(8-18-7-1)16-10-3-5-12(6-4-10)19-13-14-9-15-17-13/h3-6,9,11,16H,1-2,7-8H2,(H,14,15,17). The molecule has 0 saturated carbocycles. The minimum Gasteiger partial charge on any atom is -0.380 e. The van der Waals surface area contributed by atoms with Crippen LogP contribution in [0.3, 0.4) is 0 Å². The number of ether oxygens (including phenoxy) is 1. The second kappa shape index (κ2) is 6.08. The van der Waals surface area contributed by atoms with Gasteiger partial charge in [-0.05, 0) is 37.1 Å². The van der Waals surface area contributed by atoms with Crippen molar-refractivity contribution in [3.8, 4) is 0 Å². The lowest BCUT2D eigenvalue weighted by molar-refractivity contribution is 0.0876. The largest absolute Gasteiger partial charge is 0.380 e. The van der Waals surface area contributed by atoms with Gasteiger partial charge in [0.1, 0.15) is 6.33 Å². The zero-order valence-corrected chi connectivity index (χ0v) is 11.3. The molecule has 2 heterocycles. The molecule has 2 aromatic rings. The quantitative estimate of drug-likeness (QED) is 0.898. The summed E-state index contributed by atoms with van der Waals surface area (Å²) < 4.78 is 5.46. The highest BCUT2D eigenvalue weighted by atomic mass is 32.2. The maximum absolute atomic E-state index is 5.46. The first-order valence-electron chi connectivity index (χ1n) is 6.38. The molecule has 0 amide bonds. The van der Waals surface area contributed by atoms with Gasteiger partial charge >= 0.3 is 0 Å². The zero-order chi connectivity index (χ0) is 12.9. The van der Waals surface area contributed by atoms with E-state index in [-0.39, 0.29) is 0 Å². The van der Waals surface area contributed by atoms with Crippen LogP contribution in [0.25, 0.3) is 0 Å². The second-order valence-electron chi connectivity index (χ2n) is 4.48. The second-order valence-corrected chi connectivity index (χ2v) is 5.54. The van der Waals surface area contributed by atoms with E-state index in [2.05, 4.69) is 44.8 Å². The lowest BCUT2D eigenvalue weighted by Crippen LogP contribution is -2.29. The first-order chi connectivity index (χ1) is 9.40. The molecule has 1 aliphatic rings. The molecule has 5 nitrogen and oxygen atoms in total. The van der Waals surface area contributed by atoms with Crippen LogP contribution in [0.4, 0.5) is 5.69 Å². The molecule has 3 rings (SSSR count). The Labute approximate surface area is 116 Å². The molecule has 2 N–H and O–H groups in total. The summed E-state index contributed by atoms with van der Waals surface area (Å²) in [5.41, 5.74) is 1.14. The molecule has 0 spiro atoms. The summed E-state index contributed by atoms with van der Waals surface area (Å²) in [5.74, 6) is 0. The average molecular weight is 276 g/mol. The summed E-state index contributed by atoms with van der Waals surface area (Å²) in [6.07, 6.45) is 3.83. The van der Waals surface area contributed by atoms with Gasteiger partial charge in [0.05, 0.1) is 6.61 Å². The van der Waals surface area contributed by atoms with E-state index in [1.54, 1.807) is 11.8 Å². The molecular weight excluding hydrogens is 260 g/mol. The van der Waals surface area contributed by atoms with Crippen LogP contribution in [0.1, 0.15) is 12.8 Å². The Hall–Kier alpha value is -1.53. The lowest BCUT2D eigenvalue weighted by atomic mass is 10.1. The van der Waals surface area contributed by atoms with Crippen molar-refractivity contribution in [3.63, 3.8) is 0 Å². The van der Waals surface area contributed by atoms with E-state index in [1.165, 1.54) is 12.7 Å². The number of hydrogen-bond acceptors (Lipinski definition) is 5. The molecule has 100 valence electrons. The molecule has 0 radical (unpaired) electrons. The predicted molar refractivity (Wildman–Crippen MR) is 74.4 cm³/mol. The van der Waals surface area contributed by atoms with Gasteiger partial charge in [0.2, 0.25) is 0 Å². The fraction of sp³-hybridized carbons (Fsp3) is 0.385. The Morgan fingerprint density at radius 3 is 2.89 bits per heavy atom. The molecule has 19 heavy (non-hydrogen) atoms. The number of anilines is 1. The van der Waals surface area contributed by atoms with Crippen LogP contribution >= 0.6 is 11.8 Å². The molecule has 6 heteroatoms. The van der Waals surface area contributed by atoms with E-state index in [0.717, 1.165) is 35.4 Å². The van der Waals surface area contributed by atoms with Crippen molar-refractivity contribution in [2.24, 2.45) is 0 Å². The van der Waals surface area contributed by atoms with Gasteiger partial charge in [-0.1, -0.05) is 11.8 Å². The van der Waals surface area contributed by atoms with Crippen LogP contribution < -0.4 is 5.32 Å². The van der Waals surface area contributed by atoms with Crippen LogP contribution in [0.5, 0.6) is 0 Å². The normalized spacial score (nSPS) is 19.3. The van der Waals surface area contributed by atoms with Crippen molar-refractivity contribution in [2.45, 2.75) is 28.9 Å². The average Bonchev–Trinajstić information content (AvgIpc) is 2.95. The highest BCUT2D eigenvalue weighted by molar-refractivity contribution is 7.99. The molecule has 1 aromatic heterocycles. The van der Waals surface area contributed by atoms with E-state index >= 15 is 0 Å². The van der Waals surface area contributed by atoms with Crippen molar-refractivity contribution in [3.05, 3.63) is 30.6 Å². The third-order valence-corrected chi connectivity index (χ3v) is 3.89. The lowest BCUT2D eigenvalue weighted by Gasteiger charge is -2.24. The number of rotatable bonds is 4. The van der Waals surface area contributed by atoms with E-state index in [9.17, 15) is 0 Å². The summed E-state index contributed by atoms with van der Waals surface area (Å²) in [4.78, 5) is 5.23. The monoisotopic (exact) mass is 276 g/mol. The summed E-state index contributed by atoms with van der Waals surface area (Å²) in [6.45, 7) is 1.69. The number of hydrogen-bond donors (Lipinski definition) is 2. The van der Waals surface area contributed by atoms with E-state index in [1.807, 2.05) is 0 Å². The van der Waals surface area contributed by atoms with Gasteiger partial charge in [-0.3, -0.25) is 5.10 Å². The van der Waals surface area contributed by atoms with Gasteiger partial charge < -0.3 is 10.1 Å². The van der Waals surface area contributed by atoms with Gasteiger partial charge in [0, 0.05) is 23.2 Å². The van der Waals surface area contributed by atoms with Crippen molar-refractivity contribution in [1.29, 1.82) is 0 Å². The van der Waals surface area contributed by atoms with Gasteiger partial charge in [-0.25, -0.2) is 4.98 Å². The minimum atomic E-state index is 0.432. The predicted octanol–water partition coefficient (Wildman–Crippen LogP) is 2.55. The Balaban J connectivity index is 1.58. The molecule has 1 aliphatic heterocycles. The van der Waals surface area contributed by atoms with Crippen LogP contribution in [-0.4, -0.2) is 34.4 Å². The maximum Gasteiger partial charge on any atom is 0.188 e. The van der Waals surface area contributed by atoms with E-state index < -0.39 is 0 Å². The summed E-state index contributed by atoms with van der Waals surface area (Å²) in [7, 11) is 0. The number of H-pyrrole nitrogens is 1. The molecule has 1 fully saturated rings. The van der Waals surface area contributed by atoms with Gasteiger partial charge in [-0.15, -0.1) is 0 Å². The number of aromatic nitrogens is 3. The molecule has 1 unspecified atom stereocenters. The molecule has 0 aliphatic carbocycles. The maximum atomic E-state index is 5.46. The molecule has 0 bridgehead atoms. The van der Waals surface area contributed by atoms with Crippen LogP contribution in [0, 0.1) is 0 Å². The summed E-state index contributed by atoms with van der Waals surface area (Å²) in [5, 5.41) is 11.0. The van der Waals surface area contributed by atoms with Gasteiger partial charge in [-0.2, -0.15) is 5.10 Å². The molecule has 1 saturated heterocycles. The fourth-order valence-corrected chi connectivity index (χ4v) is 2.76. The van der Waals surface area contributed by atoms with Crippen LogP contribution in [0.2, 0.25) is 0 Å². The van der Waals surface area contributed by atoms with Crippen molar-refractivity contribution in [2.75, 3.05) is 18.5 Å². The summed E-state index contributed by atoms with van der Waals surface area (Å²) >= 11 is 1.57. The SMILES string of the molecule is c1n[nH]c(Sc2ccc(NC3CCCOC3)cc2)n1. The van der Waals surface area contributed by atoms with Gasteiger partial charge in [0.25, 0.3) is 0 Å². The third-order valence-electron chi connectivity index (χ3n) is 2.99. The number of benzene rings is 1. The van der Waals surface area contributed by atoms with Crippen LogP contribution in [-0.2, 0) is 4.74 Å². The first kappa shape index (κ1) is 12.5. The van der Waals surface area contributed by atoms with Crippen LogP contribution in [0.15, 0.2) is 40.6 Å². The first-order valence-corrected chi connectivity index (χ1v) is 7.19. The fourth-order valence-electron chi connectivity index (χ4n) is 2.06. The number of nitrogens with one attached hydrogen (secondary N) is 2. The van der Waals surface area contributed by atoms with E-state index in [4.69, 9.17) is 4.74 Å². The Morgan fingerprint density at radius 1 is 1.32 bits per heavy atom. The molecule has 1 atom stereocenters. The third kappa shape index (κ3) is 3.48. The van der Waals surface area contributed by atoms with E-state index in [0.29, 0.717) is 6.04 Å². The highest BCUT2D eigenvalue weighted by Gasteiger charge is 2.13. The zero-order valence-electron chi connectivity index (χ0n) is 10.5. The highest BCUT2D eigenvalue weighted by Crippen LogP contribution is 2.25. The van der Waals surface area contributed by atoms with Crippen molar-refractivity contribution < 1.29 is 4.74 Å². The summed E-state index contributed by atoms with van der Waals surface area (Å²) in [6, 6.07) is 8.78. The smallest absolute Gasteiger partial charge is 0.188 e. The Morgan fingerprint density at radius 2 is 2.21 bits per heavy atom.